The summed E-state index contributed by atoms with van der Waals surface area (Å²) in [5.74, 6) is -1.74. The Kier molecular flexibility index (Phi) is 11.3. The predicted molar refractivity (Wildman–Crippen MR) is 202 cm³/mol. The van der Waals surface area contributed by atoms with E-state index in [1.165, 1.54) is 5.56 Å². The van der Waals surface area contributed by atoms with Gasteiger partial charge in [0.05, 0.1) is 11.7 Å². The van der Waals surface area contributed by atoms with Crippen LogP contribution in [0.1, 0.15) is 59.3 Å². The van der Waals surface area contributed by atoms with Gasteiger partial charge in [-0.25, -0.2) is 0 Å². The molecule has 0 fully saturated rings. The van der Waals surface area contributed by atoms with Crippen molar-refractivity contribution in [3.63, 3.8) is 0 Å². The lowest BCUT2D eigenvalue weighted by Crippen LogP contribution is -2.28. The van der Waals surface area contributed by atoms with Crippen LogP contribution < -0.4 is 10.6 Å². The molecule has 0 radical (unpaired) electrons. The summed E-state index contributed by atoms with van der Waals surface area (Å²) in [6.45, 7) is 8.36. The van der Waals surface area contributed by atoms with E-state index < -0.39 is 27.7 Å². The van der Waals surface area contributed by atoms with Gasteiger partial charge in [-0.15, -0.1) is 0 Å². The van der Waals surface area contributed by atoms with Gasteiger partial charge in [0.1, 0.15) is 0 Å². The molecule has 0 bridgehead atoms. The van der Waals surface area contributed by atoms with Crippen LogP contribution >= 0.6 is 11.6 Å². The van der Waals surface area contributed by atoms with E-state index in [4.69, 9.17) is 16.2 Å². The van der Waals surface area contributed by atoms with Gasteiger partial charge in [0.2, 0.25) is 5.91 Å². The maximum absolute atomic E-state index is 14.0. The molecule has 0 saturated carbocycles. The molecule has 258 valence electrons. The number of anilines is 1. The number of aryl methyl sites for hydroxylation is 1. The molecule has 5 aromatic carbocycles. The number of benzene rings is 5. The fraction of sp³-hybridized carbons (Fsp3) is 0.220. The summed E-state index contributed by atoms with van der Waals surface area (Å²) in [7, 11) is -4.18. The average molecular weight is 709 g/mol. The molecule has 0 spiro atoms. The highest BCUT2D eigenvalue weighted by Gasteiger charge is 2.22. The van der Waals surface area contributed by atoms with Crippen LogP contribution in [-0.2, 0) is 26.7 Å². The Balaban J connectivity index is 1.37. The van der Waals surface area contributed by atoms with Crippen LogP contribution in [0.25, 0.3) is 22.3 Å². The van der Waals surface area contributed by atoms with Gasteiger partial charge in [-0.05, 0) is 99.7 Å². The molecule has 0 aliphatic rings. The highest BCUT2D eigenvalue weighted by molar-refractivity contribution is 7.85. The van der Waals surface area contributed by atoms with Gasteiger partial charge >= 0.3 is 0 Å². The number of carbonyl (C=O) groups is 2. The third-order valence-electron chi connectivity index (χ3n) is 8.67. The fourth-order valence-corrected chi connectivity index (χ4v) is 6.36. The van der Waals surface area contributed by atoms with Crippen molar-refractivity contribution in [1.29, 1.82) is 0 Å². The SMILES string of the molecule is Cc1cc(Cl)ccc1-c1ccc(NC(=O)[C@@H](Cc2ccc(C(=O)NCCS(=O)(=O)O)cc2)c2ccc(-c3ccc(C(C)(C)C)cc3)cc2)cc1. The molecule has 2 amide bonds. The van der Waals surface area contributed by atoms with Crippen molar-refractivity contribution < 1.29 is 22.6 Å². The summed E-state index contributed by atoms with van der Waals surface area (Å²) >= 11 is 6.15. The van der Waals surface area contributed by atoms with Crippen molar-refractivity contribution in [2.45, 2.75) is 45.4 Å². The molecule has 0 aromatic heterocycles. The normalized spacial score (nSPS) is 12.3. The summed E-state index contributed by atoms with van der Waals surface area (Å²) in [6, 6.07) is 36.9. The molecule has 0 heterocycles. The summed E-state index contributed by atoms with van der Waals surface area (Å²) in [6.07, 6.45) is 0.373. The summed E-state index contributed by atoms with van der Waals surface area (Å²) in [5, 5.41) is 6.27. The molecule has 0 aliphatic carbocycles. The predicted octanol–water partition coefficient (Wildman–Crippen LogP) is 8.86. The first-order valence-electron chi connectivity index (χ1n) is 16.4. The first kappa shape index (κ1) is 36.5. The molecule has 1 atom stereocenters. The summed E-state index contributed by atoms with van der Waals surface area (Å²) < 4.78 is 30.9. The Morgan fingerprint density at radius 1 is 0.780 bits per heavy atom. The number of halogens is 1. The van der Waals surface area contributed by atoms with Gasteiger partial charge in [0.25, 0.3) is 16.0 Å². The Bertz CT molecular complexity index is 2070. The zero-order valence-electron chi connectivity index (χ0n) is 28.5. The maximum Gasteiger partial charge on any atom is 0.266 e. The summed E-state index contributed by atoms with van der Waals surface area (Å²) in [5.41, 5.74) is 9.29. The smallest absolute Gasteiger partial charge is 0.266 e. The second-order valence-electron chi connectivity index (χ2n) is 13.5. The lowest BCUT2D eigenvalue weighted by molar-refractivity contribution is -0.117. The monoisotopic (exact) mass is 708 g/mol. The molecule has 9 heteroatoms. The zero-order chi connectivity index (χ0) is 36.1. The molecule has 5 aromatic rings. The average Bonchev–Trinajstić information content (AvgIpc) is 3.07. The first-order chi connectivity index (χ1) is 23.7. The van der Waals surface area contributed by atoms with E-state index in [2.05, 4.69) is 55.7 Å². The minimum atomic E-state index is -4.18. The fourth-order valence-electron chi connectivity index (χ4n) is 5.77. The second-order valence-corrected chi connectivity index (χ2v) is 15.5. The van der Waals surface area contributed by atoms with E-state index in [0.717, 1.165) is 38.9 Å². The van der Waals surface area contributed by atoms with E-state index in [1.807, 2.05) is 73.7 Å². The topological polar surface area (TPSA) is 113 Å². The molecule has 0 saturated heterocycles. The van der Waals surface area contributed by atoms with Crippen LogP contribution in [0.2, 0.25) is 5.02 Å². The van der Waals surface area contributed by atoms with E-state index in [-0.39, 0.29) is 17.9 Å². The van der Waals surface area contributed by atoms with E-state index >= 15 is 0 Å². The van der Waals surface area contributed by atoms with Gasteiger partial charge in [-0.2, -0.15) is 8.42 Å². The van der Waals surface area contributed by atoms with Crippen LogP contribution in [0.3, 0.4) is 0 Å². The second kappa shape index (κ2) is 15.4. The van der Waals surface area contributed by atoms with Gasteiger partial charge < -0.3 is 10.6 Å². The molecular formula is C41H41ClN2O5S. The maximum atomic E-state index is 14.0. The van der Waals surface area contributed by atoms with E-state index in [9.17, 15) is 18.0 Å². The Morgan fingerprint density at radius 2 is 1.36 bits per heavy atom. The van der Waals surface area contributed by atoms with E-state index in [1.54, 1.807) is 24.3 Å². The quantitative estimate of drug-likeness (QED) is 0.119. The van der Waals surface area contributed by atoms with Gasteiger partial charge in [0, 0.05) is 22.8 Å². The standard InChI is InChI=1S/C41H41ClN2O5S/c1-27-25-35(42)19-22-37(27)31-15-20-36(21-16-31)44-40(46)38(26-28-5-7-33(8-6-28)39(45)43-23-24-50(47,48)49)32-11-9-29(10-12-32)30-13-17-34(18-14-30)41(2,3)4/h5-22,25,38H,23-24,26H2,1-4H3,(H,43,45)(H,44,46)(H,47,48,49)/t38-/m0/s1. The van der Waals surface area contributed by atoms with E-state index in [0.29, 0.717) is 22.7 Å². The van der Waals surface area contributed by atoms with Crippen molar-refractivity contribution in [1.82, 2.24) is 5.32 Å². The Morgan fingerprint density at radius 3 is 1.92 bits per heavy atom. The van der Waals surface area contributed by atoms with Crippen molar-refractivity contribution in [2.75, 3.05) is 17.6 Å². The molecule has 50 heavy (non-hydrogen) atoms. The molecule has 5 rings (SSSR count). The first-order valence-corrected chi connectivity index (χ1v) is 18.4. The zero-order valence-corrected chi connectivity index (χ0v) is 30.1. The number of rotatable bonds is 11. The molecule has 3 N–H and O–H groups in total. The molecule has 0 aliphatic heterocycles. The van der Waals surface area contributed by atoms with Crippen molar-refractivity contribution in [2.24, 2.45) is 0 Å². The number of amides is 2. The lowest BCUT2D eigenvalue weighted by Gasteiger charge is -2.20. The molecule has 0 unspecified atom stereocenters. The largest absolute Gasteiger partial charge is 0.351 e. The van der Waals surface area contributed by atoms with Crippen molar-refractivity contribution >= 4 is 39.2 Å². The Labute approximate surface area is 299 Å². The summed E-state index contributed by atoms with van der Waals surface area (Å²) in [4.78, 5) is 26.5. The Hall–Kier alpha value is -4.76. The third-order valence-corrected chi connectivity index (χ3v) is 9.62. The van der Waals surface area contributed by atoms with Crippen LogP contribution in [0.15, 0.2) is 115 Å². The third kappa shape index (κ3) is 9.69. The highest BCUT2D eigenvalue weighted by atomic mass is 35.5. The lowest BCUT2D eigenvalue weighted by atomic mass is 9.86. The van der Waals surface area contributed by atoms with Crippen LogP contribution in [0.5, 0.6) is 0 Å². The number of carbonyl (C=O) groups excluding carboxylic acids is 2. The van der Waals surface area contributed by atoms with Gasteiger partial charge in [0.15, 0.2) is 0 Å². The van der Waals surface area contributed by atoms with Crippen LogP contribution in [-0.4, -0.2) is 37.1 Å². The van der Waals surface area contributed by atoms with Crippen LogP contribution in [0, 0.1) is 6.92 Å². The molecular weight excluding hydrogens is 668 g/mol. The highest BCUT2D eigenvalue weighted by Crippen LogP contribution is 2.31. The van der Waals surface area contributed by atoms with Crippen LogP contribution in [0.4, 0.5) is 5.69 Å². The number of nitrogens with one attached hydrogen (secondary N) is 2. The van der Waals surface area contributed by atoms with Gasteiger partial charge in [-0.3, -0.25) is 14.1 Å². The van der Waals surface area contributed by atoms with Gasteiger partial charge in [-0.1, -0.05) is 111 Å². The minimum Gasteiger partial charge on any atom is -0.351 e. The number of hydrogen-bond acceptors (Lipinski definition) is 4. The minimum absolute atomic E-state index is 0.0587. The van der Waals surface area contributed by atoms with Crippen molar-refractivity contribution in [3.05, 3.63) is 148 Å². The number of hydrogen-bond donors (Lipinski definition) is 3. The van der Waals surface area contributed by atoms with Crippen molar-refractivity contribution in [3.8, 4) is 22.3 Å². The molecule has 7 nitrogen and oxygen atoms in total.